The molecule has 1 nitrogen and oxygen atoms in total. The fourth-order valence-corrected chi connectivity index (χ4v) is 2.53. The first kappa shape index (κ1) is 13.3. The predicted octanol–water partition coefficient (Wildman–Crippen LogP) is 4.95. The van der Waals surface area contributed by atoms with Gasteiger partial charge in [-0.2, -0.15) is 0 Å². The van der Waals surface area contributed by atoms with Crippen molar-refractivity contribution in [3.05, 3.63) is 68.1 Å². The zero-order chi connectivity index (χ0) is 13.3. The van der Waals surface area contributed by atoms with E-state index < -0.39 is 0 Å². The monoisotopic (exact) mass is 322 g/mol. The summed E-state index contributed by atoms with van der Waals surface area (Å²) in [6.07, 6.45) is 0. The van der Waals surface area contributed by atoms with Crippen LogP contribution in [0.3, 0.4) is 0 Å². The molecule has 3 heteroatoms. The van der Waals surface area contributed by atoms with Gasteiger partial charge in [-0.3, -0.25) is 4.79 Å². The van der Waals surface area contributed by atoms with E-state index in [1.807, 2.05) is 32.0 Å². The Morgan fingerprint density at radius 1 is 1.06 bits per heavy atom. The first-order chi connectivity index (χ1) is 8.47. The van der Waals surface area contributed by atoms with Crippen molar-refractivity contribution in [1.29, 1.82) is 0 Å². The van der Waals surface area contributed by atoms with Gasteiger partial charge < -0.3 is 0 Å². The van der Waals surface area contributed by atoms with Gasteiger partial charge in [-0.05, 0) is 44.2 Å². The first-order valence-electron chi connectivity index (χ1n) is 5.55. The van der Waals surface area contributed by atoms with E-state index in [-0.39, 0.29) is 5.78 Å². The predicted molar refractivity (Wildman–Crippen MR) is 78.5 cm³/mol. The highest BCUT2D eigenvalue weighted by Gasteiger charge is 2.13. The van der Waals surface area contributed by atoms with Gasteiger partial charge in [-0.25, -0.2) is 0 Å². The molecule has 92 valence electrons. The minimum atomic E-state index is -0.0174. The summed E-state index contributed by atoms with van der Waals surface area (Å²) in [4.78, 5) is 12.4. The normalized spacial score (nSPS) is 10.4. The Morgan fingerprint density at radius 2 is 1.67 bits per heavy atom. The van der Waals surface area contributed by atoms with Crippen LogP contribution in [0.1, 0.15) is 27.0 Å². The summed E-state index contributed by atoms with van der Waals surface area (Å²) in [7, 11) is 0. The standard InChI is InChI=1S/C15H12BrClO/c1-9-5-10(2)7-11(6-9)15(18)13-8-12(17)3-4-14(13)16/h3-8H,1-2H3. The molecule has 2 rings (SSSR count). The molecule has 0 amide bonds. The van der Waals surface area contributed by atoms with Crippen LogP contribution in [-0.4, -0.2) is 5.78 Å². The fourth-order valence-electron chi connectivity index (χ4n) is 1.93. The molecule has 0 aliphatic carbocycles. The lowest BCUT2D eigenvalue weighted by atomic mass is 9.99. The van der Waals surface area contributed by atoms with E-state index in [0.717, 1.165) is 15.6 Å². The highest BCUT2D eigenvalue weighted by Crippen LogP contribution is 2.24. The van der Waals surface area contributed by atoms with Crippen molar-refractivity contribution < 1.29 is 4.79 Å². The van der Waals surface area contributed by atoms with Gasteiger partial charge in [0.25, 0.3) is 0 Å². The first-order valence-corrected chi connectivity index (χ1v) is 6.72. The molecule has 0 N–H and O–H groups in total. The smallest absolute Gasteiger partial charge is 0.194 e. The number of hydrogen-bond acceptors (Lipinski definition) is 1. The minimum Gasteiger partial charge on any atom is -0.289 e. The number of rotatable bonds is 2. The number of aryl methyl sites for hydroxylation is 2. The summed E-state index contributed by atoms with van der Waals surface area (Å²) in [6.45, 7) is 3.97. The number of halogens is 2. The van der Waals surface area contributed by atoms with Crippen LogP contribution in [0.5, 0.6) is 0 Å². The number of ketones is 1. The lowest BCUT2D eigenvalue weighted by Gasteiger charge is -2.07. The summed E-state index contributed by atoms with van der Waals surface area (Å²) in [5.74, 6) is -0.0174. The molecule has 0 aliphatic heterocycles. The molecule has 2 aromatic carbocycles. The van der Waals surface area contributed by atoms with Crippen molar-refractivity contribution in [2.75, 3.05) is 0 Å². The second kappa shape index (κ2) is 5.25. The maximum atomic E-state index is 12.4. The van der Waals surface area contributed by atoms with Gasteiger partial charge in [0.2, 0.25) is 0 Å². The third-order valence-corrected chi connectivity index (χ3v) is 3.58. The highest BCUT2D eigenvalue weighted by molar-refractivity contribution is 9.10. The van der Waals surface area contributed by atoms with Crippen LogP contribution in [0.2, 0.25) is 5.02 Å². The third kappa shape index (κ3) is 2.82. The Kier molecular flexibility index (Phi) is 3.88. The second-order valence-electron chi connectivity index (χ2n) is 4.33. The van der Waals surface area contributed by atoms with Gasteiger partial charge in [0.1, 0.15) is 0 Å². The third-order valence-electron chi connectivity index (χ3n) is 2.66. The van der Waals surface area contributed by atoms with Crippen LogP contribution in [0.25, 0.3) is 0 Å². The van der Waals surface area contributed by atoms with Gasteiger partial charge in [-0.15, -0.1) is 0 Å². The molecule has 0 bridgehead atoms. The Morgan fingerprint density at radius 3 is 2.28 bits per heavy atom. The molecule has 0 atom stereocenters. The largest absolute Gasteiger partial charge is 0.289 e. The van der Waals surface area contributed by atoms with Crippen molar-refractivity contribution in [3.63, 3.8) is 0 Å². The van der Waals surface area contributed by atoms with Crippen molar-refractivity contribution in [2.24, 2.45) is 0 Å². The summed E-state index contributed by atoms with van der Waals surface area (Å²) >= 11 is 9.32. The quantitative estimate of drug-likeness (QED) is 0.715. The van der Waals surface area contributed by atoms with Gasteiger partial charge in [0.05, 0.1) is 0 Å². The van der Waals surface area contributed by atoms with Crippen LogP contribution in [0.4, 0.5) is 0 Å². The Labute approximate surface area is 120 Å². The molecule has 2 aromatic rings. The molecule has 18 heavy (non-hydrogen) atoms. The van der Waals surface area contributed by atoms with Crippen molar-refractivity contribution >= 4 is 33.3 Å². The Bertz CT molecular complexity index is 600. The molecule has 0 aliphatic rings. The molecule has 0 spiro atoms. The van der Waals surface area contributed by atoms with Crippen LogP contribution in [0.15, 0.2) is 40.9 Å². The fraction of sp³-hybridized carbons (Fsp3) is 0.133. The number of benzene rings is 2. The molecule has 0 saturated heterocycles. The van der Waals surface area contributed by atoms with E-state index in [9.17, 15) is 4.79 Å². The number of carbonyl (C=O) groups is 1. The molecule has 0 fully saturated rings. The van der Waals surface area contributed by atoms with Crippen molar-refractivity contribution in [3.8, 4) is 0 Å². The van der Waals surface area contributed by atoms with Crippen molar-refractivity contribution in [1.82, 2.24) is 0 Å². The molecular weight excluding hydrogens is 312 g/mol. The Hall–Kier alpha value is -1.12. The van der Waals surface area contributed by atoms with Gasteiger partial charge in [-0.1, -0.05) is 44.7 Å². The average Bonchev–Trinajstić information content (AvgIpc) is 2.30. The van der Waals surface area contributed by atoms with E-state index in [4.69, 9.17) is 11.6 Å². The highest BCUT2D eigenvalue weighted by atomic mass is 79.9. The number of carbonyl (C=O) groups excluding carboxylic acids is 1. The molecule has 0 aromatic heterocycles. The van der Waals surface area contributed by atoms with E-state index in [2.05, 4.69) is 15.9 Å². The summed E-state index contributed by atoms with van der Waals surface area (Å²) in [6, 6.07) is 11.1. The molecular formula is C15H12BrClO. The van der Waals surface area contributed by atoms with Crippen LogP contribution in [-0.2, 0) is 0 Å². The minimum absolute atomic E-state index is 0.0174. The lowest BCUT2D eigenvalue weighted by Crippen LogP contribution is -2.03. The molecule has 0 radical (unpaired) electrons. The summed E-state index contributed by atoms with van der Waals surface area (Å²) in [5, 5.41) is 0.561. The van der Waals surface area contributed by atoms with Gasteiger partial charge >= 0.3 is 0 Å². The molecule has 0 heterocycles. The zero-order valence-corrected chi connectivity index (χ0v) is 12.5. The Balaban J connectivity index is 2.51. The molecule has 0 unspecified atom stereocenters. The van der Waals surface area contributed by atoms with E-state index in [1.54, 1.807) is 18.2 Å². The zero-order valence-electron chi connectivity index (χ0n) is 10.1. The number of hydrogen-bond donors (Lipinski definition) is 0. The van der Waals surface area contributed by atoms with E-state index in [0.29, 0.717) is 16.1 Å². The van der Waals surface area contributed by atoms with E-state index in [1.165, 1.54) is 0 Å². The maximum Gasteiger partial charge on any atom is 0.194 e. The maximum absolute atomic E-state index is 12.4. The topological polar surface area (TPSA) is 17.1 Å². The SMILES string of the molecule is Cc1cc(C)cc(C(=O)c2cc(Cl)ccc2Br)c1. The van der Waals surface area contributed by atoms with Crippen LogP contribution in [0, 0.1) is 13.8 Å². The second-order valence-corrected chi connectivity index (χ2v) is 5.62. The summed E-state index contributed by atoms with van der Waals surface area (Å²) in [5.41, 5.74) is 3.44. The van der Waals surface area contributed by atoms with Crippen LogP contribution >= 0.6 is 27.5 Å². The van der Waals surface area contributed by atoms with Gasteiger partial charge in [0, 0.05) is 20.6 Å². The average molecular weight is 324 g/mol. The van der Waals surface area contributed by atoms with Crippen molar-refractivity contribution in [2.45, 2.75) is 13.8 Å². The lowest BCUT2D eigenvalue weighted by molar-refractivity contribution is 0.103. The van der Waals surface area contributed by atoms with Gasteiger partial charge in [0.15, 0.2) is 5.78 Å². The summed E-state index contributed by atoms with van der Waals surface area (Å²) < 4.78 is 0.760. The van der Waals surface area contributed by atoms with E-state index >= 15 is 0 Å². The molecule has 0 saturated carbocycles. The van der Waals surface area contributed by atoms with Crippen LogP contribution < -0.4 is 0 Å².